The molecule has 1 N–H and O–H groups in total. The van der Waals surface area contributed by atoms with Crippen LogP contribution in [0.1, 0.15) is 57.4 Å². The number of nitrogens with zero attached hydrogens (tertiary/aromatic N) is 2. The molecule has 4 rings (SSSR count). The minimum absolute atomic E-state index is 0.374. The Morgan fingerprint density at radius 2 is 1.84 bits per heavy atom. The minimum Gasteiger partial charge on any atom is -0.490 e. The Morgan fingerprint density at radius 1 is 1.08 bits per heavy atom. The Kier molecular flexibility index (Phi) is 5.25. The van der Waals surface area contributed by atoms with Crippen LogP contribution in [-0.2, 0) is 0 Å². The van der Waals surface area contributed by atoms with E-state index in [4.69, 9.17) is 4.74 Å². The fourth-order valence-corrected chi connectivity index (χ4v) is 4.31. The summed E-state index contributed by atoms with van der Waals surface area (Å²) >= 11 is 0. The van der Waals surface area contributed by atoms with Gasteiger partial charge >= 0.3 is 0 Å². The van der Waals surface area contributed by atoms with Crippen molar-refractivity contribution in [3.8, 4) is 5.75 Å². The van der Waals surface area contributed by atoms with E-state index in [2.05, 4.69) is 46.6 Å². The number of likely N-dealkylation sites (tertiary alicyclic amines) is 1. The third-order valence-corrected chi connectivity index (χ3v) is 6.20. The molecule has 1 aliphatic carbocycles. The molecule has 1 saturated carbocycles. The molecule has 3 aliphatic rings. The highest BCUT2D eigenvalue weighted by molar-refractivity contribution is 6.02. The van der Waals surface area contributed by atoms with E-state index >= 15 is 0 Å². The van der Waals surface area contributed by atoms with Crippen molar-refractivity contribution in [3.63, 3.8) is 0 Å². The Morgan fingerprint density at radius 3 is 2.48 bits per heavy atom. The monoisotopic (exact) mass is 341 g/mol. The lowest BCUT2D eigenvalue weighted by molar-refractivity contribution is 0.0493. The van der Waals surface area contributed by atoms with Gasteiger partial charge in [-0.2, -0.15) is 5.10 Å². The normalized spacial score (nSPS) is 25.8. The first-order chi connectivity index (χ1) is 12.3. The molecule has 4 heteroatoms. The van der Waals surface area contributed by atoms with Gasteiger partial charge < -0.3 is 15.1 Å². The van der Waals surface area contributed by atoms with E-state index < -0.39 is 0 Å². The van der Waals surface area contributed by atoms with Crippen molar-refractivity contribution >= 4 is 5.71 Å². The van der Waals surface area contributed by atoms with Crippen LogP contribution in [0.3, 0.4) is 0 Å². The number of hydrogen-bond donors (Lipinski definition) is 1. The average molecular weight is 341 g/mol. The second-order valence-corrected chi connectivity index (χ2v) is 7.76. The number of hydrogen-bond acceptors (Lipinski definition) is 4. The zero-order valence-electron chi connectivity index (χ0n) is 15.4. The molecule has 2 aliphatic heterocycles. The van der Waals surface area contributed by atoms with Crippen LogP contribution in [0.15, 0.2) is 29.4 Å². The van der Waals surface area contributed by atoms with Gasteiger partial charge in [0, 0.05) is 31.6 Å². The number of nitrogens with one attached hydrogen (secondary N) is 1. The highest BCUT2D eigenvalue weighted by Gasteiger charge is 2.29. The van der Waals surface area contributed by atoms with Crippen molar-refractivity contribution in [3.05, 3.63) is 29.8 Å². The van der Waals surface area contributed by atoms with E-state index in [0.29, 0.717) is 12.0 Å². The van der Waals surface area contributed by atoms with Crippen molar-refractivity contribution in [1.29, 1.82) is 0 Å². The van der Waals surface area contributed by atoms with Crippen LogP contribution in [0.4, 0.5) is 0 Å². The summed E-state index contributed by atoms with van der Waals surface area (Å²) in [5.41, 5.74) is 5.58. The van der Waals surface area contributed by atoms with Gasteiger partial charge in [-0.05, 0) is 68.4 Å². The molecule has 2 fully saturated rings. The summed E-state index contributed by atoms with van der Waals surface area (Å²) in [6.07, 6.45) is 9.26. The van der Waals surface area contributed by atoms with Gasteiger partial charge in [-0.25, -0.2) is 0 Å². The summed E-state index contributed by atoms with van der Waals surface area (Å²) in [6.45, 7) is 5.64. The van der Waals surface area contributed by atoms with E-state index in [0.717, 1.165) is 37.6 Å². The van der Waals surface area contributed by atoms with Crippen LogP contribution >= 0.6 is 0 Å². The molecular formula is C21H31N3O. The van der Waals surface area contributed by atoms with Crippen LogP contribution in [0.25, 0.3) is 0 Å². The minimum atomic E-state index is 0.374. The first kappa shape index (κ1) is 16.9. The van der Waals surface area contributed by atoms with Crippen molar-refractivity contribution < 1.29 is 4.74 Å². The smallest absolute Gasteiger partial charge is 0.119 e. The molecule has 0 radical (unpaired) electrons. The molecule has 1 saturated heterocycles. The Hall–Kier alpha value is -1.55. The number of benzene rings is 1. The van der Waals surface area contributed by atoms with Crippen LogP contribution in [0.2, 0.25) is 0 Å². The van der Waals surface area contributed by atoms with Gasteiger partial charge in [0.1, 0.15) is 11.9 Å². The summed E-state index contributed by atoms with van der Waals surface area (Å²) in [7, 11) is 0. The molecule has 25 heavy (non-hydrogen) atoms. The highest BCUT2D eigenvalue weighted by Crippen LogP contribution is 2.29. The van der Waals surface area contributed by atoms with E-state index in [1.165, 1.54) is 50.0 Å². The van der Waals surface area contributed by atoms with Gasteiger partial charge in [-0.15, -0.1) is 0 Å². The highest BCUT2D eigenvalue weighted by atomic mass is 16.5. The van der Waals surface area contributed by atoms with Gasteiger partial charge in [-0.1, -0.05) is 13.3 Å². The molecule has 1 atom stereocenters. The van der Waals surface area contributed by atoms with Gasteiger partial charge in [0.25, 0.3) is 0 Å². The molecule has 136 valence electrons. The second-order valence-electron chi connectivity index (χ2n) is 7.76. The van der Waals surface area contributed by atoms with Gasteiger partial charge in [0.2, 0.25) is 0 Å². The largest absolute Gasteiger partial charge is 0.490 e. The number of rotatable bonds is 5. The van der Waals surface area contributed by atoms with Gasteiger partial charge in [-0.3, -0.25) is 0 Å². The average Bonchev–Trinajstić information content (AvgIpc) is 2.62. The maximum Gasteiger partial charge on any atom is 0.119 e. The SMILES string of the molecule is CCC1CCNN=C1c1ccc(OC2CCN(C3CCC3)CC2)cc1. The summed E-state index contributed by atoms with van der Waals surface area (Å²) in [6, 6.07) is 9.46. The molecule has 1 aromatic carbocycles. The lowest BCUT2D eigenvalue weighted by atomic mass is 9.89. The van der Waals surface area contributed by atoms with Crippen molar-refractivity contribution in [2.24, 2.45) is 11.0 Å². The predicted octanol–water partition coefficient (Wildman–Crippen LogP) is 3.81. The first-order valence-electron chi connectivity index (χ1n) is 10.1. The maximum atomic E-state index is 6.25. The van der Waals surface area contributed by atoms with E-state index in [1.54, 1.807) is 0 Å². The molecule has 0 amide bonds. The molecule has 2 heterocycles. The van der Waals surface area contributed by atoms with E-state index in [1.807, 2.05) is 0 Å². The summed E-state index contributed by atoms with van der Waals surface area (Å²) < 4.78 is 6.25. The van der Waals surface area contributed by atoms with Crippen LogP contribution in [0, 0.1) is 5.92 Å². The van der Waals surface area contributed by atoms with Crippen LogP contribution in [-0.4, -0.2) is 42.4 Å². The summed E-state index contributed by atoms with van der Waals surface area (Å²) in [5.74, 6) is 1.58. The molecule has 1 unspecified atom stereocenters. The number of ether oxygens (including phenoxy) is 1. The number of piperidine rings is 1. The molecular weight excluding hydrogens is 310 g/mol. The number of hydrazone groups is 1. The third kappa shape index (κ3) is 3.84. The zero-order chi connectivity index (χ0) is 17.1. The Bertz CT molecular complexity index is 586. The molecule has 4 nitrogen and oxygen atoms in total. The Balaban J connectivity index is 1.32. The predicted molar refractivity (Wildman–Crippen MR) is 102 cm³/mol. The lowest BCUT2D eigenvalue weighted by Gasteiger charge is -2.41. The van der Waals surface area contributed by atoms with Gasteiger partial charge in [0.15, 0.2) is 0 Å². The molecule has 0 aromatic heterocycles. The van der Waals surface area contributed by atoms with Crippen molar-refractivity contribution in [2.45, 2.75) is 64.0 Å². The van der Waals surface area contributed by atoms with Crippen LogP contribution < -0.4 is 10.2 Å². The standard InChI is InChI=1S/C21H31N3O/c1-2-16-10-13-22-23-21(16)17-6-8-19(9-7-17)25-20-11-14-24(15-12-20)18-4-3-5-18/h6-9,16,18,20,22H,2-5,10-15H2,1H3. The molecule has 0 bridgehead atoms. The Labute approximate surface area is 151 Å². The summed E-state index contributed by atoms with van der Waals surface area (Å²) in [5, 5.41) is 4.56. The topological polar surface area (TPSA) is 36.9 Å². The third-order valence-electron chi connectivity index (χ3n) is 6.20. The van der Waals surface area contributed by atoms with Crippen molar-refractivity contribution in [2.75, 3.05) is 19.6 Å². The van der Waals surface area contributed by atoms with Gasteiger partial charge in [0.05, 0.1) is 5.71 Å². The second kappa shape index (κ2) is 7.77. The first-order valence-corrected chi connectivity index (χ1v) is 10.1. The summed E-state index contributed by atoms with van der Waals surface area (Å²) in [4.78, 5) is 2.67. The maximum absolute atomic E-state index is 6.25. The van der Waals surface area contributed by atoms with Crippen molar-refractivity contribution in [1.82, 2.24) is 10.3 Å². The van der Waals surface area contributed by atoms with Crippen LogP contribution in [0.5, 0.6) is 5.75 Å². The molecule has 1 aromatic rings. The fourth-order valence-electron chi connectivity index (χ4n) is 4.31. The zero-order valence-corrected chi connectivity index (χ0v) is 15.4. The lowest BCUT2D eigenvalue weighted by Crippen LogP contribution is -2.46. The molecule has 0 spiro atoms. The van der Waals surface area contributed by atoms with E-state index in [-0.39, 0.29) is 0 Å². The fraction of sp³-hybridized carbons (Fsp3) is 0.667. The van der Waals surface area contributed by atoms with E-state index in [9.17, 15) is 0 Å². The quantitative estimate of drug-likeness (QED) is 0.885.